The van der Waals surface area contributed by atoms with E-state index in [1.165, 1.54) is 18.2 Å². The molecule has 0 saturated carbocycles. The van der Waals surface area contributed by atoms with Gasteiger partial charge in [-0.25, -0.2) is 18.4 Å². The van der Waals surface area contributed by atoms with Gasteiger partial charge in [0, 0.05) is 4.47 Å². The van der Waals surface area contributed by atoms with Gasteiger partial charge in [0.05, 0.1) is 10.5 Å². The summed E-state index contributed by atoms with van der Waals surface area (Å²) in [6.07, 6.45) is 0. The lowest BCUT2D eigenvalue weighted by atomic mass is 10.1. The number of primary sulfonamides is 1. The molecule has 0 saturated heterocycles. The van der Waals surface area contributed by atoms with Crippen LogP contribution in [0.2, 0.25) is 0 Å². The maximum atomic E-state index is 12.4. The lowest BCUT2D eigenvalue weighted by Gasteiger charge is -2.10. The molecule has 0 aliphatic carbocycles. The fourth-order valence-corrected chi connectivity index (χ4v) is 3.43. The second-order valence-electron chi connectivity index (χ2n) is 5.40. The van der Waals surface area contributed by atoms with Crippen molar-refractivity contribution in [3.63, 3.8) is 0 Å². The Morgan fingerprint density at radius 1 is 1.04 bits per heavy atom. The molecule has 25 heavy (non-hydrogen) atoms. The van der Waals surface area contributed by atoms with Crippen molar-refractivity contribution in [1.29, 1.82) is 0 Å². The van der Waals surface area contributed by atoms with E-state index in [-0.39, 0.29) is 17.1 Å². The lowest BCUT2D eigenvalue weighted by Crippen LogP contribution is -2.14. The van der Waals surface area contributed by atoms with Gasteiger partial charge in [-0.1, -0.05) is 42.5 Å². The van der Waals surface area contributed by atoms with Crippen molar-refractivity contribution >= 4 is 42.7 Å². The summed E-state index contributed by atoms with van der Waals surface area (Å²) < 4.78 is 28.7. The normalized spacial score (nSPS) is 11.4. The van der Waals surface area contributed by atoms with Crippen LogP contribution in [0.25, 0.3) is 10.8 Å². The molecule has 128 valence electrons. The summed E-state index contributed by atoms with van der Waals surface area (Å²) in [5.74, 6) is -0.634. The Morgan fingerprint density at radius 3 is 2.52 bits per heavy atom. The summed E-state index contributed by atoms with van der Waals surface area (Å²) in [6, 6.07) is 17.5. The highest BCUT2D eigenvalue weighted by atomic mass is 79.9. The topological polar surface area (TPSA) is 86.5 Å². The average Bonchev–Trinajstić information content (AvgIpc) is 2.59. The largest absolute Gasteiger partial charge is 0.457 e. The van der Waals surface area contributed by atoms with Crippen LogP contribution in [-0.2, 0) is 21.4 Å². The number of hydrogen-bond donors (Lipinski definition) is 1. The van der Waals surface area contributed by atoms with Crippen LogP contribution in [-0.4, -0.2) is 14.4 Å². The molecule has 0 aromatic heterocycles. The third kappa shape index (κ3) is 3.89. The van der Waals surface area contributed by atoms with Gasteiger partial charge in [-0.15, -0.1) is 0 Å². The third-order valence-electron chi connectivity index (χ3n) is 3.72. The molecule has 0 unspecified atom stereocenters. The van der Waals surface area contributed by atoms with Crippen LogP contribution < -0.4 is 5.14 Å². The fraction of sp³-hybridized carbons (Fsp3) is 0.0556. The first-order valence-corrected chi connectivity index (χ1v) is 9.66. The molecule has 5 nitrogen and oxygen atoms in total. The van der Waals surface area contributed by atoms with Gasteiger partial charge in [-0.05, 0) is 50.5 Å². The summed E-state index contributed by atoms with van der Waals surface area (Å²) >= 11 is 3.23. The van der Waals surface area contributed by atoms with Gasteiger partial charge in [0.25, 0.3) is 0 Å². The van der Waals surface area contributed by atoms with Gasteiger partial charge in [0.2, 0.25) is 10.0 Å². The van der Waals surface area contributed by atoms with Crippen molar-refractivity contribution in [2.24, 2.45) is 5.14 Å². The quantitative estimate of drug-likeness (QED) is 0.654. The van der Waals surface area contributed by atoms with Crippen LogP contribution in [0.15, 0.2) is 70.0 Å². The van der Waals surface area contributed by atoms with Gasteiger partial charge < -0.3 is 4.74 Å². The first-order chi connectivity index (χ1) is 11.9. The molecule has 3 aromatic carbocycles. The van der Waals surface area contributed by atoms with E-state index >= 15 is 0 Å². The van der Waals surface area contributed by atoms with Crippen molar-refractivity contribution in [3.8, 4) is 0 Å². The summed E-state index contributed by atoms with van der Waals surface area (Å²) in [6.45, 7) is 0.0756. The molecule has 0 heterocycles. The highest BCUT2D eigenvalue weighted by molar-refractivity contribution is 9.10. The predicted molar refractivity (Wildman–Crippen MR) is 98.6 cm³/mol. The molecule has 0 fully saturated rings. The minimum Gasteiger partial charge on any atom is -0.457 e. The standard InChI is InChI=1S/C18H14BrNO4S/c19-17-9-8-14(25(20,22)23)10-16(17)18(21)24-11-13-6-3-5-12-4-1-2-7-15(12)13/h1-10H,11H2,(H2,20,22,23). The van der Waals surface area contributed by atoms with Crippen LogP contribution in [0.5, 0.6) is 0 Å². The van der Waals surface area contributed by atoms with Gasteiger partial charge in [0.1, 0.15) is 6.61 Å². The summed E-state index contributed by atoms with van der Waals surface area (Å²) in [7, 11) is -3.90. The zero-order valence-electron chi connectivity index (χ0n) is 13.0. The first-order valence-electron chi connectivity index (χ1n) is 7.32. The monoisotopic (exact) mass is 419 g/mol. The maximum absolute atomic E-state index is 12.4. The maximum Gasteiger partial charge on any atom is 0.339 e. The number of carbonyl (C=O) groups excluding carboxylic acids is 1. The molecule has 0 spiro atoms. The Hall–Kier alpha value is -2.22. The number of hydrogen-bond acceptors (Lipinski definition) is 4. The second-order valence-corrected chi connectivity index (χ2v) is 7.82. The van der Waals surface area contributed by atoms with E-state index in [2.05, 4.69) is 15.9 Å². The average molecular weight is 420 g/mol. The van der Waals surface area contributed by atoms with E-state index in [0.717, 1.165) is 16.3 Å². The number of fused-ring (bicyclic) bond motifs is 1. The Balaban J connectivity index is 1.86. The number of sulfonamides is 1. The molecule has 0 atom stereocenters. The predicted octanol–water partition coefficient (Wildman–Crippen LogP) is 3.61. The molecule has 0 aliphatic heterocycles. The highest BCUT2D eigenvalue weighted by Gasteiger charge is 2.17. The Bertz CT molecular complexity index is 1060. The Labute approximate surface area is 153 Å². The number of rotatable bonds is 4. The molecular formula is C18H14BrNO4S. The molecule has 7 heteroatoms. The molecule has 0 amide bonds. The van der Waals surface area contributed by atoms with Gasteiger partial charge in [-0.3, -0.25) is 0 Å². The van der Waals surface area contributed by atoms with E-state index in [0.29, 0.717) is 4.47 Å². The lowest BCUT2D eigenvalue weighted by molar-refractivity contribution is 0.0473. The summed E-state index contributed by atoms with van der Waals surface area (Å²) in [5.41, 5.74) is 0.969. The van der Waals surface area contributed by atoms with Crippen LogP contribution in [0.1, 0.15) is 15.9 Å². The SMILES string of the molecule is NS(=O)(=O)c1ccc(Br)c(C(=O)OCc2cccc3ccccc23)c1. The summed E-state index contributed by atoms with van der Waals surface area (Å²) in [4.78, 5) is 12.2. The van der Waals surface area contributed by atoms with Gasteiger partial charge in [0.15, 0.2) is 0 Å². The first kappa shape index (κ1) is 17.6. The zero-order valence-corrected chi connectivity index (χ0v) is 15.4. The smallest absolute Gasteiger partial charge is 0.339 e. The van der Waals surface area contributed by atoms with Gasteiger partial charge >= 0.3 is 5.97 Å². The molecule has 2 N–H and O–H groups in total. The number of carbonyl (C=O) groups is 1. The number of ether oxygens (including phenoxy) is 1. The zero-order chi connectivity index (χ0) is 18.0. The summed E-state index contributed by atoms with van der Waals surface area (Å²) in [5, 5.41) is 7.15. The second kappa shape index (κ2) is 6.95. The minimum atomic E-state index is -3.90. The molecular weight excluding hydrogens is 406 g/mol. The molecule has 3 rings (SSSR count). The third-order valence-corrected chi connectivity index (χ3v) is 5.33. The number of esters is 1. The van der Waals surface area contributed by atoms with Crippen LogP contribution >= 0.6 is 15.9 Å². The number of benzene rings is 3. The van der Waals surface area contributed by atoms with Crippen molar-refractivity contribution in [3.05, 3.63) is 76.3 Å². The molecule has 0 aliphatic rings. The highest BCUT2D eigenvalue weighted by Crippen LogP contribution is 2.23. The molecule has 0 bridgehead atoms. The Kier molecular flexibility index (Phi) is 4.89. The van der Waals surface area contributed by atoms with E-state index in [9.17, 15) is 13.2 Å². The van der Waals surface area contributed by atoms with E-state index in [4.69, 9.17) is 9.88 Å². The van der Waals surface area contributed by atoms with Crippen molar-refractivity contribution < 1.29 is 17.9 Å². The fourth-order valence-electron chi connectivity index (χ4n) is 2.48. The number of halogens is 1. The van der Waals surface area contributed by atoms with E-state index < -0.39 is 16.0 Å². The van der Waals surface area contributed by atoms with Gasteiger partial charge in [-0.2, -0.15) is 0 Å². The van der Waals surface area contributed by atoms with Crippen molar-refractivity contribution in [1.82, 2.24) is 0 Å². The van der Waals surface area contributed by atoms with E-state index in [1.807, 2.05) is 42.5 Å². The number of nitrogens with two attached hydrogens (primary N) is 1. The van der Waals surface area contributed by atoms with Crippen molar-refractivity contribution in [2.45, 2.75) is 11.5 Å². The van der Waals surface area contributed by atoms with E-state index in [1.54, 1.807) is 0 Å². The molecule has 0 radical (unpaired) electrons. The van der Waals surface area contributed by atoms with Crippen LogP contribution in [0.3, 0.4) is 0 Å². The Morgan fingerprint density at radius 2 is 1.76 bits per heavy atom. The van der Waals surface area contributed by atoms with Crippen LogP contribution in [0.4, 0.5) is 0 Å². The van der Waals surface area contributed by atoms with Crippen molar-refractivity contribution in [2.75, 3.05) is 0 Å². The van der Waals surface area contributed by atoms with Crippen LogP contribution in [0, 0.1) is 0 Å². The molecule has 3 aromatic rings. The minimum absolute atomic E-state index is 0.0756.